The van der Waals surface area contributed by atoms with Crippen LogP contribution in [0.3, 0.4) is 0 Å². The standard InChI is InChI=1S/C16H12ClFN6O/c17-12-8-10(18)3-4-11(12)16(25)23-6-7-24-14(9-23)21-22-15(24)13-2-1-5-19-20-13/h1-5,8H,6-7,9H2. The van der Waals surface area contributed by atoms with E-state index >= 15 is 0 Å². The molecule has 0 saturated carbocycles. The molecule has 2 aromatic heterocycles. The number of hydrogen-bond donors (Lipinski definition) is 0. The highest BCUT2D eigenvalue weighted by Gasteiger charge is 2.27. The van der Waals surface area contributed by atoms with Gasteiger partial charge < -0.3 is 9.47 Å². The third kappa shape index (κ3) is 2.85. The number of carbonyl (C=O) groups excluding carboxylic acids is 1. The molecular formula is C16H12ClFN6O. The van der Waals surface area contributed by atoms with Crippen LogP contribution in [-0.4, -0.2) is 42.3 Å². The van der Waals surface area contributed by atoms with E-state index in [1.54, 1.807) is 23.2 Å². The summed E-state index contributed by atoms with van der Waals surface area (Å²) < 4.78 is 15.1. The summed E-state index contributed by atoms with van der Waals surface area (Å²) >= 11 is 5.99. The molecule has 0 spiro atoms. The maximum absolute atomic E-state index is 13.2. The van der Waals surface area contributed by atoms with Gasteiger partial charge in [0.15, 0.2) is 11.6 Å². The van der Waals surface area contributed by atoms with Gasteiger partial charge in [-0.3, -0.25) is 4.79 Å². The minimum atomic E-state index is -0.478. The molecule has 25 heavy (non-hydrogen) atoms. The third-order valence-electron chi connectivity index (χ3n) is 4.00. The van der Waals surface area contributed by atoms with Crippen LogP contribution in [0.5, 0.6) is 0 Å². The molecule has 3 heterocycles. The van der Waals surface area contributed by atoms with Gasteiger partial charge in [0.2, 0.25) is 0 Å². The Morgan fingerprint density at radius 3 is 2.80 bits per heavy atom. The van der Waals surface area contributed by atoms with E-state index in [9.17, 15) is 9.18 Å². The zero-order valence-corrected chi connectivity index (χ0v) is 13.7. The van der Waals surface area contributed by atoms with Gasteiger partial charge in [-0.1, -0.05) is 11.6 Å². The number of hydrogen-bond acceptors (Lipinski definition) is 5. The summed E-state index contributed by atoms with van der Waals surface area (Å²) in [7, 11) is 0. The fourth-order valence-corrected chi connectivity index (χ4v) is 3.02. The number of aromatic nitrogens is 5. The van der Waals surface area contributed by atoms with E-state index < -0.39 is 5.82 Å². The Morgan fingerprint density at radius 2 is 2.04 bits per heavy atom. The number of carbonyl (C=O) groups is 1. The van der Waals surface area contributed by atoms with Crippen molar-refractivity contribution in [1.82, 2.24) is 29.9 Å². The van der Waals surface area contributed by atoms with Gasteiger partial charge in [0.1, 0.15) is 11.5 Å². The average Bonchev–Trinajstić information content (AvgIpc) is 3.05. The Bertz CT molecular complexity index is 945. The predicted molar refractivity (Wildman–Crippen MR) is 87.2 cm³/mol. The lowest BCUT2D eigenvalue weighted by molar-refractivity contribution is 0.0708. The summed E-state index contributed by atoms with van der Waals surface area (Å²) in [5.74, 6) is 0.530. The molecule has 126 valence electrons. The lowest BCUT2D eigenvalue weighted by Crippen LogP contribution is -2.38. The SMILES string of the molecule is O=C(c1ccc(F)cc1Cl)N1CCn2c(nnc2-c2cccnn2)C1. The van der Waals surface area contributed by atoms with Crippen LogP contribution in [0, 0.1) is 5.82 Å². The van der Waals surface area contributed by atoms with Gasteiger partial charge in [-0.2, -0.15) is 5.10 Å². The largest absolute Gasteiger partial charge is 0.329 e. The van der Waals surface area contributed by atoms with E-state index in [0.29, 0.717) is 37.0 Å². The second-order valence-electron chi connectivity index (χ2n) is 5.55. The Morgan fingerprint density at radius 1 is 1.16 bits per heavy atom. The van der Waals surface area contributed by atoms with Crippen molar-refractivity contribution in [2.45, 2.75) is 13.1 Å². The van der Waals surface area contributed by atoms with Crippen molar-refractivity contribution < 1.29 is 9.18 Å². The number of rotatable bonds is 2. The first-order valence-corrected chi connectivity index (χ1v) is 7.96. The number of amides is 1. The average molecular weight is 359 g/mol. The first-order valence-electron chi connectivity index (χ1n) is 7.58. The first-order chi connectivity index (χ1) is 12.1. The molecule has 1 aliphatic heterocycles. The molecule has 0 fully saturated rings. The van der Waals surface area contributed by atoms with E-state index in [-0.39, 0.29) is 16.5 Å². The first kappa shape index (κ1) is 15.6. The fourth-order valence-electron chi connectivity index (χ4n) is 2.77. The summed E-state index contributed by atoms with van der Waals surface area (Å²) in [6.45, 7) is 1.28. The molecule has 0 radical (unpaired) electrons. The molecule has 0 saturated heterocycles. The molecular weight excluding hydrogens is 347 g/mol. The Kier molecular flexibility index (Phi) is 3.89. The maximum Gasteiger partial charge on any atom is 0.255 e. The van der Waals surface area contributed by atoms with E-state index in [0.717, 1.165) is 6.07 Å². The van der Waals surface area contributed by atoms with Crippen molar-refractivity contribution in [3.63, 3.8) is 0 Å². The molecule has 0 bridgehead atoms. The topological polar surface area (TPSA) is 76.8 Å². The van der Waals surface area contributed by atoms with Crippen LogP contribution >= 0.6 is 11.6 Å². The Labute approximate surface area is 147 Å². The molecule has 7 nitrogen and oxygen atoms in total. The van der Waals surface area contributed by atoms with E-state index in [1.807, 2.05) is 4.57 Å². The molecule has 1 amide bonds. The van der Waals surface area contributed by atoms with E-state index in [1.165, 1.54) is 12.1 Å². The minimum Gasteiger partial charge on any atom is -0.329 e. The Balaban J connectivity index is 1.60. The van der Waals surface area contributed by atoms with Crippen molar-refractivity contribution in [1.29, 1.82) is 0 Å². The zero-order chi connectivity index (χ0) is 17.4. The van der Waals surface area contributed by atoms with E-state index in [4.69, 9.17) is 11.6 Å². The van der Waals surface area contributed by atoms with Crippen molar-refractivity contribution >= 4 is 17.5 Å². The van der Waals surface area contributed by atoms with Gasteiger partial charge in [-0.25, -0.2) is 4.39 Å². The lowest BCUT2D eigenvalue weighted by Gasteiger charge is -2.28. The van der Waals surface area contributed by atoms with Crippen LogP contribution in [0.1, 0.15) is 16.2 Å². The fraction of sp³-hybridized carbons (Fsp3) is 0.188. The third-order valence-corrected chi connectivity index (χ3v) is 4.32. The number of nitrogens with zero attached hydrogens (tertiary/aromatic N) is 6. The van der Waals surface area contributed by atoms with Crippen molar-refractivity contribution in [3.05, 3.63) is 58.8 Å². The van der Waals surface area contributed by atoms with Crippen molar-refractivity contribution in [2.75, 3.05) is 6.54 Å². The normalized spacial score (nSPS) is 13.6. The molecule has 0 aliphatic carbocycles. The summed E-state index contributed by atoms with van der Waals surface area (Å²) in [6.07, 6.45) is 1.59. The highest BCUT2D eigenvalue weighted by atomic mass is 35.5. The van der Waals surface area contributed by atoms with Crippen molar-refractivity contribution in [2.24, 2.45) is 0 Å². The van der Waals surface area contributed by atoms with Gasteiger partial charge in [-0.15, -0.1) is 15.3 Å². The van der Waals surface area contributed by atoms with Crippen LogP contribution in [0.15, 0.2) is 36.5 Å². The van der Waals surface area contributed by atoms with Gasteiger partial charge in [-0.05, 0) is 30.3 Å². The maximum atomic E-state index is 13.2. The molecule has 9 heteroatoms. The molecule has 1 aromatic carbocycles. The molecule has 0 atom stereocenters. The van der Waals surface area contributed by atoms with Crippen LogP contribution < -0.4 is 0 Å². The highest BCUT2D eigenvalue weighted by Crippen LogP contribution is 2.23. The summed E-state index contributed by atoms with van der Waals surface area (Å²) in [4.78, 5) is 14.3. The molecule has 0 N–H and O–H groups in total. The van der Waals surface area contributed by atoms with Gasteiger partial charge in [0.25, 0.3) is 5.91 Å². The summed E-state index contributed by atoms with van der Waals surface area (Å²) in [6, 6.07) is 7.33. The molecule has 1 aliphatic rings. The second-order valence-corrected chi connectivity index (χ2v) is 5.96. The Hall–Kier alpha value is -2.87. The van der Waals surface area contributed by atoms with Crippen LogP contribution in [0.4, 0.5) is 4.39 Å². The van der Waals surface area contributed by atoms with Crippen LogP contribution in [0.2, 0.25) is 5.02 Å². The zero-order valence-electron chi connectivity index (χ0n) is 12.9. The predicted octanol–water partition coefficient (Wildman–Crippen LogP) is 2.18. The molecule has 4 rings (SSSR count). The molecule has 0 unspecified atom stereocenters. The monoisotopic (exact) mass is 358 g/mol. The van der Waals surface area contributed by atoms with Crippen LogP contribution in [0.25, 0.3) is 11.5 Å². The minimum absolute atomic E-state index is 0.0947. The number of fused-ring (bicyclic) bond motifs is 1. The number of halogens is 2. The second kappa shape index (κ2) is 6.21. The summed E-state index contributed by atoms with van der Waals surface area (Å²) in [5, 5.41) is 16.3. The highest BCUT2D eigenvalue weighted by molar-refractivity contribution is 6.33. The van der Waals surface area contributed by atoms with E-state index in [2.05, 4.69) is 20.4 Å². The molecule has 3 aromatic rings. The van der Waals surface area contributed by atoms with Gasteiger partial charge >= 0.3 is 0 Å². The van der Waals surface area contributed by atoms with Crippen LogP contribution in [-0.2, 0) is 13.1 Å². The smallest absolute Gasteiger partial charge is 0.255 e. The number of benzene rings is 1. The summed E-state index contributed by atoms with van der Waals surface area (Å²) in [5.41, 5.74) is 0.896. The lowest BCUT2D eigenvalue weighted by atomic mass is 10.1. The van der Waals surface area contributed by atoms with Crippen molar-refractivity contribution in [3.8, 4) is 11.5 Å². The van der Waals surface area contributed by atoms with Gasteiger partial charge in [0, 0.05) is 19.3 Å². The quantitative estimate of drug-likeness (QED) is 0.701. The van der Waals surface area contributed by atoms with Gasteiger partial charge in [0.05, 0.1) is 17.1 Å².